The van der Waals surface area contributed by atoms with Gasteiger partial charge in [0.25, 0.3) is 0 Å². The molecule has 2 N–H and O–H groups in total. The Balaban J connectivity index is 2.13. The van der Waals surface area contributed by atoms with Crippen LogP contribution in [0, 0.1) is 0 Å². The van der Waals surface area contributed by atoms with Crippen molar-refractivity contribution in [2.45, 2.75) is 64.3 Å². The second-order valence-electron chi connectivity index (χ2n) is 5.74. The van der Waals surface area contributed by atoms with Crippen molar-refractivity contribution in [2.75, 3.05) is 18.0 Å². The number of hydrogen-bond donors (Lipinski definition) is 1. The molecule has 20 heavy (non-hydrogen) atoms. The normalized spacial score (nSPS) is 16.3. The second kappa shape index (κ2) is 8.20. The Labute approximate surface area is 122 Å². The molecule has 1 fully saturated rings. The van der Waals surface area contributed by atoms with Gasteiger partial charge >= 0.3 is 0 Å². The SMILES string of the molecule is CCCc1cc(N(CCCN)C2CCCCC2)ncn1. The average molecular weight is 276 g/mol. The molecule has 0 saturated heterocycles. The van der Waals surface area contributed by atoms with Crippen LogP contribution in [0.4, 0.5) is 5.82 Å². The highest BCUT2D eigenvalue weighted by Crippen LogP contribution is 2.26. The van der Waals surface area contributed by atoms with Crippen LogP contribution in [0.1, 0.15) is 57.6 Å². The predicted molar refractivity (Wildman–Crippen MR) is 83.9 cm³/mol. The topological polar surface area (TPSA) is 55.0 Å². The van der Waals surface area contributed by atoms with Gasteiger partial charge in [0, 0.05) is 24.3 Å². The van der Waals surface area contributed by atoms with Crippen molar-refractivity contribution in [1.29, 1.82) is 0 Å². The van der Waals surface area contributed by atoms with E-state index < -0.39 is 0 Å². The van der Waals surface area contributed by atoms with Crippen molar-refractivity contribution in [2.24, 2.45) is 5.73 Å². The summed E-state index contributed by atoms with van der Waals surface area (Å²) in [6.45, 7) is 3.95. The van der Waals surface area contributed by atoms with Gasteiger partial charge in [0.1, 0.15) is 12.1 Å². The molecule has 1 aromatic heterocycles. The van der Waals surface area contributed by atoms with Gasteiger partial charge in [-0.05, 0) is 32.2 Å². The van der Waals surface area contributed by atoms with Gasteiger partial charge in [-0.15, -0.1) is 0 Å². The monoisotopic (exact) mass is 276 g/mol. The summed E-state index contributed by atoms with van der Waals surface area (Å²) < 4.78 is 0. The summed E-state index contributed by atoms with van der Waals surface area (Å²) in [7, 11) is 0. The minimum absolute atomic E-state index is 0.639. The van der Waals surface area contributed by atoms with Crippen molar-refractivity contribution in [3.05, 3.63) is 18.1 Å². The summed E-state index contributed by atoms with van der Waals surface area (Å²) in [5.74, 6) is 1.10. The van der Waals surface area contributed by atoms with Crippen molar-refractivity contribution in [1.82, 2.24) is 9.97 Å². The van der Waals surface area contributed by atoms with E-state index in [9.17, 15) is 0 Å². The van der Waals surface area contributed by atoms with Crippen LogP contribution in [-0.2, 0) is 6.42 Å². The van der Waals surface area contributed by atoms with Gasteiger partial charge < -0.3 is 10.6 Å². The summed E-state index contributed by atoms with van der Waals surface area (Å²) in [4.78, 5) is 11.4. The predicted octanol–water partition coefficient (Wildman–Crippen LogP) is 2.92. The van der Waals surface area contributed by atoms with Crippen LogP contribution in [0.3, 0.4) is 0 Å². The number of aromatic nitrogens is 2. The van der Waals surface area contributed by atoms with Gasteiger partial charge in [-0.25, -0.2) is 9.97 Å². The maximum atomic E-state index is 5.70. The molecule has 0 amide bonds. The van der Waals surface area contributed by atoms with Crippen molar-refractivity contribution >= 4 is 5.82 Å². The summed E-state index contributed by atoms with van der Waals surface area (Å²) in [6.07, 6.45) is 11.6. The lowest BCUT2D eigenvalue weighted by Gasteiger charge is -2.35. The molecule has 1 heterocycles. The fourth-order valence-corrected chi connectivity index (χ4v) is 3.07. The van der Waals surface area contributed by atoms with E-state index >= 15 is 0 Å². The summed E-state index contributed by atoms with van der Waals surface area (Å²) in [5, 5.41) is 0. The molecule has 1 aromatic rings. The first-order valence-corrected chi connectivity index (χ1v) is 8.12. The first-order valence-electron chi connectivity index (χ1n) is 8.12. The molecule has 4 nitrogen and oxygen atoms in total. The molecule has 0 unspecified atom stereocenters. The van der Waals surface area contributed by atoms with Crippen LogP contribution in [-0.4, -0.2) is 29.1 Å². The molecule has 0 bridgehead atoms. The molecule has 1 aliphatic rings. The highest BCUT2D eigenvalue weighted by Gasteiger charge is 2.22. The van der Waals surface area contributed by atoms with E-state index in [1.807, 2.05) is 0 Å². The van der Waals surface area contributed by atoms with E-state index in [0.29, 0.717) is 6.04 Å². The lowest BCUT2D eigenvalue weighted by Crippen LogP contribution is -2.39. The van der Waals surface area contributed by atoms with Gasteiger partial charge in [-0.1, -0.05) is 32.6 Å². The van der Waals surface area contributed by atoms with Crippen LogP contribution < -0.4 is 10.6 Å². The Morgan fingerprint density at radius 2 is 2.05 bits per heavy atom. The molecule has 0 aliphatic heterocycles. The lowest BCUT2D eigenvalue weighted by molar-refractivity contribution is 0.411. The van der Waals surface area contributed by atoms with E-state index in [1.165, 1.54) is 32.1 Å². The Morgan fingerprint density at radius 3 is 2.75 bits per heavy atom. The van der Waals surface area contributed by atoms with E-state index in [0.717, 1.165) is 43.9 Å². The quantitative estimate of drug-likeness (QED) is 0.832. The first-order chi connectivity index (χ1) is 9.85. The summed E-state index contributed by atoms with van der Waals surface area (Å²) in [5.41, 5.74) is 6.86. The maximum absolute atomic E-state index is 5.70. The van der Waals surface area contributed by atoms with Gasteiger partial charge in [0.05, 0.1) is 0 Å². The molecular formula is C16H28N4. The molecule has 0 radical (unpaired) electrons. The highest BCUT2D eigenvalue weighted by atomic mass is 15.2. The molecule has 0 atom stereocenters. The minimum atomic E-state index is 0.639. The van der Waals surface area contributed by atoms with Crippen molar-refractivity contribution < 1.29 is 0 Å². The third-order valence-electron chi connectivity index (χ3n) is 4.13. The molecule has 0 aromatic carbocycles. The van der Waals surface area contributed by atoms with E-state index in [-0.39, 0.29) is 0 Å². The Kier molecular flexibility index (Phi) is 6.25. The molecule has 0 spiro atoms. The fraction of sp³-hybridized carbons (Fsp3) is 0.750. The van der Waals surface area contributed by atoms with E-state index in [2.05, 4.69) is 27.9 Å². The minimum Gasteiger partial charge on any atom is -0.353 e. The number of hydrogen-bond acceptors (Lipinski definition) is 4. The Bertz CT molecular complexity index is 388. The van der Waals surface area contributed by atoms with Gasteiger partial charge in [-0.3, -0.25) is 0 Å². The Morgan fingerprint density at radius 1 is 1.25 bits per heavy atom. The van der Waals surface area contributed by atoms with Gasteiger partial charge in [-0.2, -0.15) is 0 Å². The van der Waals surface area contributed by atoms with Crippen LogP contribution in [0.15, 0.2) is 12.4 Å². The van der Waals surface area contributed by atoms with E-state index in [4.69, 9.17) is 5.73 Å². The van der Waals surface area contributed by atoms with Crippen LogP contribution >= 0.6 is 0 Å². The standard InChI is InChI=1S/C16H28N4/c1-2-7-14-12-16(19-13-18-14)20(11-6-10-17)15-8-4-3-5-9-15/h12-13,15H,2-11,17H2,1H3. The van der Waals surface area contributed by atoms with Crippen LogP contribution in [0.5, 0.6) is 0 Å². The van der Waals surface area contributed by atoms with Crippen LogP contribution in [0.2, 0.25) is 0 Å². The van der Waals surface area contributed by atoms with E-state index in [1.54, 1.807) is 6.33 Å². The van der Waals surface area contributed by atoms with Gasteiger partial charge in [0.15, 0.2) is 0 Å². The van der Waals surface area contributed by atoms with Gasteiger partial charge in [0.2, 0.25) is 0 Å². The highest BCUT2D eigenvalue weighted by molar-refractivity contribution is 5.40. The number of nitrogens with two attached hydrogens (primary N) is 1. The molecule has 1 aliphatic carbocycles. The van der Waals surface area contributed by atoms with Crippen molar-refractivity contribution in [3.63, 3.8) is 0 Å². The number of nitrogens with zero attached hydrogens (tertiary/aromatic N) is 3. The second-order valence-corrected chi connectivity index (χ2v) is 5.74. The smallest absolute Gasteiger partial charge is 0.132 e. The zero-order valence-corrected chi connectivity index (χ0v) is 12.7. The third-order valence-corrected chi connectivity index (χ3v) is 4.13. The lowest BCUT2D eigenvalue weighted by atomic mass is 9.94. The zero-order valence-electron chi connectivity index (χ0n) is 12.7. The number of anilines is 1. The fourth-order valence-electron chi connectivity index (χ4n) is 3.07. The molecule has 1 saturated carbocycles. The Hall–Kier alpha value is -1.16. The number of aryl methyl sites for hydroxylation is 1. The molecular weight excluding hydrogens is 248 g/mol. The average Bonchev–Trinajstić information content (AvgIpc) is 2.50. The third kappa shape index (κ3) is 4.17. The number of rotatable bonds is 7. The maximum Gasteiger partial charge on any atom is 0.132 e. The summed E-state index contributed by atoms with van der Waals surface area (Å²) >= 11 is 0. The zero-order chi connectivity index (χ0) is 14.2. The molecule has 112 valence electrons. The largest absolute Gasteiger partial charge is 0.353 e. The van der Waals surface area contributed by atoms with Crippen LogP contribution in [0.25, 0.3) is 0 Å². The summed E-state index contributed by atoms with van der Waals surface area (Å²) in [6, 6.07) is 2.81. The molecule has 2 rings (SSSR count). The van der Waals surface area contributed by atoms with Crippen molar-refractivity contribution in [3.8, 4) is 0 Å². The first kappa shape index (κ1) is 15.2. The molecule has 4 heteroatoms.